The van der Waals surface area contributed by atoms with Crippen molar-refractivity contribution in [2.45, 2.75) is 123 Å². The van der Waals surface area contributed by atoms with Gasteiger partial charge in [0.15, 0.2) is 0 Å². The molecule has 0 spiro atoms. The van der Waals surface area contributed by atoms with Crippen molar-refractivity contribution in [3.05, 3.63) is 35.9 Å². The average Bonchev–Trinajstić information content (AvgIpc) is 3.86. The highest BCUT2D eigenvalue weighted by Crippen LogP contribution is 2.69. The highest BCUT2D eigenvalue weighted by Gasteiger charge is 2.64. The van der Waals surface area contributed by atoms with Gasteiger partial charge in [0.05, 0.1) is 6.04 Å². The molecule has 5 amide bonds. The summed E-state index contributed by atoms with van der Waals surface area (Å²) in [6, 6.07) is 5.70. The number of primary amides is 1. The molecule has 0 aromatic heterocycles. The first-order valence-corrected chi connectivity index (χ1v) is 18.3. The molecule has 1 aliphatic heterocycles. The summed E-state index contributed by atoms with van der Waals surface area (Å²) in [6.45, 7) is 10.1. The van der Waals surface area contributed by atoms with Crippen LogP contribution in [-0.4, -0.2) is 70.6 Å². The zero-order valence-electron chi connectivity index (χ0n) is 30.2. The number of ether oxygens (including phenoxy) is 1. The van der Waals surface area contributed by atoms with Gasteiger partial charge in [0.2, 0.25) is 17.6 Å². The summed E-state index contributed by atoms with van der Waals surface area (Å²) in [5.41, 5.74) is 4.21. The number of carbonyl (C=O) groups excluding carboxylic acids is 6. The Hall–Kier alpha value is -3.96. The minimum Gasteiger partial charge on any atom is -0.459 e. The van der Waals surface area contributed by atoms with Gasteiger partial charge in [-0.3, -0.25) is 19.2 Å². The molecule has 50 heavy (non-hydrogen) atoms. The summed E-state index contributed by atoms with van der Waals surface area (Å²) in [5, 5.41) is 8.53. The Bertz CT molecular complexity index is 1440. The molecule has 12 heteroatoms. The lowest BCUT2D eigenvalue weighted by molar-refractivity contribution is -0.152. The van der Waals surface area contributed by atoms with Crippen molar-refractivity contribution in [2.75, 3.05) is 6.54 Å². The van der Waals surface area contributed by atoms with Crippen molar-refractivity contribution < 1.29 is 33.5 Å². The van der Waals surface area contributed by atoms with Crippen LogP contribution in [0.25, 0.3) is 0 Å². The van der Waals surface area contributed by atoms with Crippen molar-refractivity contribution in [1.82, 2.24) is 20.9 Å². The van der Waals surface area contributed by atoms with Crippen LogP contribution in [0.15, 0.2) is 30.3 Å². The third-order valence-corrected chi connectivity index (χ3v) is 11.2. The van der Waals surface area contributed by atoms with Crippen molar-refractivity contribution in [3.63, 3.8) is 0 Å². The third kappa shape index (κ3) is 8.84. The molecule has 4 aliphatic rings. The van der Waals surface area contributed by atoms with Gasteiger partial charge in [0.1, 0.15) is 24.2 Å². The summed E-state index contributed by atoms with van der Waals surface area (Å²) in [5.74, 6) is -1.47. The number of Topliss-reactive ketones (excluding diaryl/α,β-unsaturated/α-hetero) is 1. The summed E-state index contributed by atoms with van der Waals surface area (Å²) in [6.07, 6.45) is 5.92. The molecule has 4 fully saturated rings. The number of benzene rings is 1. The quantitative estimate of drug-likeness (QED) is 0.160. The number of nitrogens with two attached hydrogens (primary N) is 1. The number of hydrogen-bond donors (Lipinski definition) is 4. The topological polar surface area (TPSA) is 177 Å². The number of likely N-dealkylation sites (tertiary alicyclic amines) is 1. The maximum Gasteiger partial charge on any atom is 0.332 e. The zero-order chi connectivity index (χ0) is 36.4. The Morgan fingerprint density at radius 2 is 1.64 bits per heavy atom. The Kier molecular flexibility index (Phi) is 11.3. The van der Waals surface area contributed by atoms with Crippen molar-refractivity contribution in [1.29, 1.82) is 0 Å². The molecule has 1 heterocycles. The number of ketones is 1. The number of rotatable bonds is 15. The lowest BCUT2D eigenvalue weighted by Crippen LogP contribution is -2.63. The molecular formula is C38H55N5O7. The van der Waals surface area contributed by atoms with Crippen LogP contribution in [0.3, 0.4) is 0 Å². The van der Waals surface area contributed by atoms with Gasteiger partial charge in [-0.25, -0.2) is 9.59 Å². The van der Waals surface area contributed by atoms with Gasteiger partial charge in [-0.2, -0.15) is 0 Å². The molecular weight excluding hydrogens is 638 g/mol. The minimum absolute atomic E-state index is 0.0362. The van der Waals surface area contributed by atoms with Crippen LogP contribution < -0.4 is 21.7 Å². The van der Waals surface area contributed by atoms with Crippen LogP contribution in [0.4, 0.5) is 4.79 Å². The second kappa shape index (κ2) is 15.1. The van der Waals surface area contributed by atoms with Crippen molar-refractivity contribution in [3.8, 4) is 0 Å². The van der Waals surface area contributed by atoms with Crippen LogP contribution in [0.2, 0.25) is 0 Å². The molecule has 1 aromatic carbocycles. The molecule has 5 N–H and O–H groups in total. The number of esters is 1. The van der Waals surface area contributed by atoms with Gasteiger partial charge in [-0.1, -0.05) is 84.2 Å². The number of carbonyl (C=O) groups is 6. The number of nitrogens with one attached hydrogen (secondary N) is 3. The highest BCUT2D eigenvalue weighted by molar-refractivity contribution is 6.37. The number of hydrogen-bond acceptors (Lipinski definition) is 7. The second-order valence-corrected chi connectivity index (χ2v) is 16.6. The van der Waals surface area contributed by atoms with Gasteiger partial charge in [0, 0.05) is 6.54 Å². The Morgan fingerprint density at radius 1 is 0.980 bits per heavy atom. The molecule has 0 bridgehead atoms. The predicted molar refractivity (Wildman–Crippen MR) is 186 cm³/mol. The van der Waals surface area contributed by atoms with Crippen LogP contribution in [0, 0.1) is 35.0 Å². The summed E-state index contributed by atoms with van der Waals surface area (Å²) in [4.78, 5) is 81.6. The van der Waals surface area contributed by atoms with E-state index in [4.69, 9.17) is 10.5 Å². The Morgan fingerprint density at radius 3 is 2.20 bits per heavy atom. The van der Waals surface area contributed by atoms with Gasteiger partial charge in [-0.15, -0.1) is 0 Å². The second-order valence-electron chi connectivity index (χ2n) is 16.6. The van der Waals surface area contributed by atoms with Gasteiger partial charge in [-0.05, 0) is 79.1 Å². The molecule has 1 saturated heterocycles. The highest BCUT2D eigenvalue weighted by atomic mass is 16.5. The summed E-state index contributed by atoms with van der Waals surface area (Å²) >= 11 is 0. The largest absolute Gasteiger partial charge is 0.459 e. The Labute approximate surface area is 295 Å². The first kappa shape index (κ1) is 37.3. The van der Waals surface area contributed by atoms with Gasteiger partial charge in [0.25, 0.3) is 5.91 Å². The fraction of sp³-hybridized carbons (Fsp3) is 0.684. The Balaban J connectivity index is 1.30. The van der Waals surface area contributed by atoms with E-state index in [1.165, 1.54) is 4.90 Å². The average molecular weight is 694 g/mol. The van der Waals surface area contributed by atoms with Gasteiger partial charge >= 0.3 is 12.0 Å². The maximum absolute atomic E-state index is 14.5. The van der Waals surface area contributed by atoms with E-state index < -0.39 is 64.6 Å². The van der Waals surface area contributed by atoms with Crippen molar-refractivity contribution in [2.24, 2.45) is 40.7 Å². The molecule has 0 radical (unpaired) electrons. The van der Waals surface area contributed by atoms with Crippen LogP contribution in [-0.2, 0) is 35.3 Å². The lowest BCUT2D eigenvalue weighted by Gasteiger charge is -2.37. The normalized spacial score (nSPS) is 26.0. The number of nitrogens with zero attached hydrogens (tertiary/aromatic N) is 1. The first-order chi connectivity index (χ1) is 23.6. The molecule has 1 aromatic rings. The number of urea groups is 1. The standard InChI is InChI=1S/C38H55N5O7/c1-22(2)13-14-24-17-29(33(46)40-28(30(44)32(39)45)19-27-25-18-26(25)27)43(20-24)34(47)31(37(3,4)5)41-36(49)42-38(15-9-10-16-38)35(48)50-21-23-11-7-6-8-12-23/h6-8,11-12,22,24-29,31H,9-10,13-21H2,1-5H3,(H2,39,45)(H,40,46)(H2,41,42,49)/t24-,25?,26?,27?,28?,29+,31-/m1/s1. The fourth-order valence-electron chi connectivity index (χ4n) is 7.82. The van der Waals surface area contributed by atoms with E-state index in [0.29, 0.717) is 55.9 Å². The van der Waals surface area contributed by atoms with E-state index >= 15 is 0 Å². The van der Waals surface area contributed by atoms with Crippen molar-refractivity contribution >= 4 is 35.5 Å². The smallest absolute Gasteiger partial charge is 0.332 e. The summed E-state index contributed by atoms with van der Waals surface area (Å²) < 4.78 is 5.65. The maximum atomic E-state index is 14.5. The third-order valence-electron chi connectivity index (χ3n) is 11.2. The monoisotopic (exact) mass is 693 g/mol. The van der Waals surface area contributed by atoms with E-state index in [1.807, 2.05) is 51.1 Å². The fourth-order valence-corrected chi connectivity index (χ4v) is 7.82. The van der Waals surface area contributed by atoms with Crippen LogP contribution >= 0.6 is 0 Å². The molecule has 6 atom stereocenters. The predicted octanol–water partition coefficient (Wildman–Crippen LogP) is 3.61. The molecule has 3 saturated carbocycles. The van der Waals surface area contributed by atoms with Crippen LogP contribution in [0.1, 0.15) is 98.0 Å². The van der Waals surface area contributed by atoms with E-state index in [-0.39, 0.29) is 12.5 Å². The number of fused-ring (bicyclic) bond motifs is 1. The number of amides is 5. The molecule has 12 nitrogen and oxygen atoms in total. The molecule has 274 valence electrons. The van der Waals surface area contributed by atoms with Gasteiger partial charge < -0.3 is 31.3 Å². The van der Waals surface area contributed by atoms with E-state index in [2.05, 4.69) is 29.8 Å². The molecule has 5 rings (SSSR count). The van der Waals surface area contributed by atoms with E-state index in [1.54, 1.807) is 0 Å². The first-order valence-electron chi connectivity index (χ1n) is 18.3. The molecule has 3 aliphatic carbocycles. The molecule has 3 unspecified atom stereocenters. The lowest BCUT2D eigenvalue weighted by atomic mass is 9.85. The SMILES string of the molecule is CC(C)CC[C@@H]1C[C@@H](C(=O)NC(CC2C3CC23)C(=O)C(N)=O)N(C(=O)[C@@H](NC(=O)NC2(C(=O)OCc3ccccc3)CCCC2)C(C)(C)C)C1. The van der Waals surface area contributed by atoms with Crippen LogP contribution in [0.5, 0.6) is 0 Å². The zero-order valence-corrected chi connectivity index (χ0v) is 30.2. The summed E-state index contributed by atoms with van der Waals surface area (Å²) in [7, 11) is 0. The van der Waals surface area contributed by atoms with E-state index in [0.717, 1.165) is 37.7 Å². The minimum atomic E-state index is -1.22. The van der Waals surface area contributed by atoms with E-state index in [9.17, 15) is 28.8 Å².